The number of aromatic nitrogens is 1. The van der Waals surface area contributed by atoms with Gasteiger partial charge in [0, 0.05) is 29.1 Å². The summed E-state index contributed by atoms with van der Waals surface area (Å²) < 4.78 is 0. The molecule has 23 heavy (non-hydrogen) atoms. The molecule has 5 heteroatoms. The van der Waals surface area contributed by atoms with Crippen LogP contribution in [-0.4, -0.2) is 22.2 Å². The van der Waals surface area contributed by atoms with Gasteiger partial charge in [-0.2, -0.15) is 5.10 Å². The van der Waals surface area contributed by atoms with E-state index in [9.17, 15) is 9.90 Å². The van der Waals surface area contributed by atoms with Crippen molar-refractivity contribution in [1.29, 1.82) is 0 Å². The number of fused-ring (bicyclic) bond motifs is 1. The smallest absolute Gasteiger partial charge is 0.240 e. The van der Waals surface area contributed by atoms with Gasteiger partial charge in [0.1, 0.15) is 5.75 Å². The van der Waals surface area contributed by atoms with Gasteiger partial charge < -0.3 is 10.1 Å². The van der Waals surface area contributed by atoms with Crippen molar-refractivity contribution in [1.82, 2.24) is 10.4 Å². The largest absolute Gasteiger partial charge is 0.507 e. The topological polar surface area (TPSA) is 77.5 Å². The molecule has 0 unspecified atom stereocenters. The Morgan fingerprint density at radius 3 is 2.83 bits per heavy atom. The monoisotopic (exact) mass is 307 g/mol. The normalized spacial score (nSPS) is 11.1. The number of rotatable bonds is 5. The minimum absolute atomic E-state index is 0.129. The maximum absolute atomic E-state index is 11.9. The molecule has 3 rings (SSSR count). The van der Waals surface area contributed by atoms with Crippen molar-refractivity contribution in [3.8, 4) is 5.75 Å². The van der Waals surface area contributed by atoms with E-state index in [1.165, 1.54) is 6.21 Å². The first kappa shape index (κ1) is 14.8. The second-order valence-electron chi connectivity index (χ2n) is 5.21. The fourth-order valence-corrected chi connectivity index (χ4v) is 2.41. The Labute approximate surface area is 133 Å². The maximum atomic E-state index is 11.9. The van der Waals surface area contributed by atoms with E-state index in [4.69, 9.17) is 0 Å². The van der Waals surface area contributed by atoms with Gasteiger partial charge in [0.05, 0.1) is 6.21 Å². The van der Waals surface area contributed by atoms with Crippen LogP contribution in [0.15, 0.2) is 59.8 Å². The molecule has 2 aromatic carbocycles. The summed E-state index contributed by atoms with van der Waals surface area (Å²) in [5.74, 6) is -0.0359. The minimum Gasteiger partial charge on any atom is -0.507 e. The van der Waals surface area contributed by atoms with Crippen LogP contribution in [-0.2, 0) is 11.2 Å². The Hall–Kier alpha value is -3.08. The highest BCUT2D eigenvalue weighted by Gasteiger charge is 2.06. The molecular formula is C18H17N3O2. The Kier molecular flexibility index (Phi) is 4.38. The molecule has 0 fully saturated rings. The molecule has 0 saturated heterocycles. The number of aromatic amines is 1. The number of H-pyrrole nitrogens is 1. The number of amides is 1. The Morgan fingerprint density at radius 1 is 1.17 bits per heavy atom. The van der Waals surface area contributed by atoms with Crippen molar-refractivity contribution in [2.45, 2.75) is 12.8 Å². The lowest BCUT2D eigenvalue weighted by Gasteiger charge is -2.00. The first-order chi connectivity index (χ1) is 11.2. The van der Waals surface area contributed by atoms with Crippen molar-refractivity contribution in [3.63, 3.8) is 0 Å². The quantitative estimate of drug-likeness (QED) is 0.500. The molecule has 0 saturated carbocycles. The summed E-state index contributed by atoms with van der Waals surface area (Å²) in [5, 5.41) is 14.6. The molecule has 0 spiro atoms. The number of carbonyl (C=O) groups excluding carboxylic acids is 1. The van der Waals surface area contributed by atoms with Crippen LogP contribution < -0.4 is 5.43 Å². The third kappa shape index (κ3) is 3.58. The van der Waals surface area contributed by atoms with Crippen molar-refractivity contribution >= 4 is 23.0 Å². The highest BCUT2D eigenvalue weighted by atomic mass is 16.3. The van der Waals surface area contributed by atoms with Gasteiger partial charge in [-0.05, 0) is 30.2 Å². The molecule has 3 N–H and O–H groups in total. The van der Waals surface area contributed by atoms with E-state index in [2.05, 4.69) is 15.5 Å². The van der Waals surface area contributed by atoms with E-state index in [-0.39, 0.29) is 11.7 Å². The number of carbonyl (C=O) groups is 1. The minimum atomic E-state index is -0.165. The predicted octanol–water partition coefficient (Wildman–Crippen LogP) is 2.96. The lowest BCUT2D eigenvalue weighted by molar-refractivity contribution is -0.121. The summed E-state index contributed by atoms with van der Waals surface area (Å²) in [6.45, 7) is 0. The van der Waals surface area contributed by atoms with Crippen LogP contribution >= 0.6 is 0 Å². The summed E-state index contributed by atoms with van der Waals surface area (Å²) >= 11 is 0. The van der Waals surface area contributed by atoms with E-state index >= 15 is 0 Å². The van der Waals surface area contributed by atoms with Crippen LogP contribution in [0.3, 0.4) is 0 Å². The van der Waals surface area contributed by atoms with Gasteiger partial charge in [0.25, 0.3) is 0 Å². The molecule has 0 aliphatic rings. The Balaban J connectivity index is 1.55. The number of para-hydroxylation sites is 2. The van der Waals surface area contributed by atoms with Crippen molar-refractivity contribution in [2.75, 3.05) is 0 Å². The summed E-state index contributed by atoms with van der Waals surface area (Å²) in [6, 6.07) is 14.8. The highest BCUT2D eigenvalue weighted by Crippen LogP contribution is 2.18. The molecule has 1 amide bonds. The average Bonchev–Trinajstić information content (AvgIpc) is 2.98. The molecule has 0 aliphatic carbocycles. The second-order valence-corrected chi connectivity index (χ2v) is 5.21. The SMILES string of the molecule is O=C(CCc1c[nH]c2ccccc12)N/N=C\c1ccccc1O. The summed E-state index contributed by atoms with van der Waals surface area (Å²) in [6.07, 6.45) is 4.35. The van der Waals surface area contributed by atoms with Gasteiger partial charge in [-0.1, -0.05) is 30.3 Å². The van der Waals surface area contributed by atoms with E-state index in [1.807, 2.05) is 30.5 Å². The van der Waals surface area contributed by atoms with Crippen molar-refractivity contribution < 1.29 is 9.90 Å². The van der Waals surface area contributed by atoms with Crippen LogP contribution in [0.5, 0.6) is 5.75 Å². The van der Waals surface area contributed by atoms with Gasteiger partial charge in [0.2, 0.25) is 5.91 Å². The number of nitrogens with zero attached hydrogens (tertiary/aromatic N) is 1. The predicted molar refractivity (Wildman–Crippen MR) is 90.5 cm³/mol. The third-order valence-electron chi connectivity index (χ3n) is 3.63. The third-order valence-corrected chi connectivity index (χ3v) is 3.63. The fourth-order valence-electron chi connectivity index (χ4n) is 2.41. The molecular weight excluding hydrogens is 290 g/mol. The zero-order chi connectivity index (χ0) is 16.1. The number of hydrogen-bond acceptors (Lipinski definition) is 3. The van der Waals surface area contributed by atoms with Crippen molar-refractivity contribution in [2.24, 2.45) is 5.10 Å². The number of phenolic OH excluding ortho intramolecular Hbond substituents is 1. The molecule has 0 atom stereocenters. The van der Waals surface area contributed by atoms with E-state index in [1.54, 1.807) is 24.3 Å². The fraction of sp³-hybridized carbons (Fsp3) is 0.111. The number of hydrogen-bond donors (Lipinski definition) is 3. The van der Waals surface area contributed by atoms with Crippen LogP contribution in [0.25, 0.3) is 10.9 Å². The van der Waals surface area contributed by atoms with E-state index in [0.717, 1.165) is 16.5 Å². The van der Waals surface area contributed by atoms with Gasteiger partial charge in [-0.25, -0.2) is 5.43 Å². The number of benzene rings is 2. The van der Waals surface area contributed by atoms with Crippen LogP contribution in [0, 0.1) is 0 Å². The van der Waals surface area contributed by atoms with E-state index in [0.29, 0.717) is 18.4 Å². The van der Waals surface area contributed by atoms with Gasteiger partial charge >= 0.3 is 0 Å². The molecule has 0 aliphatic heterocycles. The molecule has 116 valence electrons. The Bertz CT molecular complexity index is 852. The number of aryl methyl sites for hydroxylation is 1. The van der Waals surface area contributed by atoms with E-state index < -0.39 is 0 Å². The zero-order valence-electron chi connectivity index (χ0n) is 12.5. The first-order valence-electron chi connectivity index (χ1n) is 7.39. The van der Waals surface area contributed by atoms with Gasteiger partial charge in [-0.3, -0.25) is 4.79 Å². The number of aromatic hydroxyl groups is 1. The first-order valence-corrected chi connectivity index (χ1v) is 7.39. The van der Waals surface area contributed by atoms with Crippen LogP contribution in [0.1, 0.15) is 17.5 Å². The molecule has 5 nitrogen and oxygen atoms in total. The molecule has 0 bridgehead atoms. The molecule has 1 aromatic heterocycles. The number of nitrogens with one attached hydrogen (secondary N) is 2. The lowest BCUT2D eigenvalue weighted by Crippen LogP contribution is -2.17. The lowest BCUT2D eigenvalue weighted by atomic mass is 10.1. The zero-order valence-corrected chi connectivity index (χ0v) is 12.5. The Morgan fingerprint density at radius 2 is 1.96 bits per heavy atom. The van der Waals surface area contributed by atoms with Crippen molar-refractivity contribution in [3.05, 3.63) is 65.9 Å². The summed E-state index contributed by atoms with van der Waals surface area (Å²) in [7, 11) is 0. The second kappa shape index (κ2) is 6.79. The average molecular weight is 307 g/mol. The molecule has 3 aromatic rings. The maximum Gasteiger partial charge on any atom is 0.240 e. The molecule has 1 heterocycles. The number of hydrazone groups is 1. The van der Waals surface area contributed by atoms with Gasteiger partial charge in [0.15, 0.2) is 0 Å². The number of phenols is 1. The van der Waals surface area contributed by atoms with Gasteiger partial charge in [-0.15, -0.1) is 0 Å². The summed E-state index contributed by atoms with van der Waals surface area (Å²) in [5.41, 5.74) is 5.22. The van der Waals surface area contributed by atoms with Crippen LogP contribution in [0.4, 0.5) is 0 Å². The summed E-state index contributed by atoms with van der Waals surface area (Å²) in [4.78, 5) is 15.0. The highest BCUT2D eigenvalue weighted by molar-refractivity contribution is 5.86. The standard InChI is InChI=1S/C18H17N3O2/c22-17-8-4-1-5-14(17)12-20-21-18(23)10-9-13-11-19-16-7-3-2-6-15(13)16/h1-8,11-12,19,22H,9-10H2,(H,21,23)/b20-12-. The van der Waals surface area contributed by atoms with Crippen LogP contribution in [0.2, 0.25) is 0 Å². The molecule has 0 radical (unpaired) electrons.